The summed E-state index contributed by atoms with van der Waals surface area (Å²) in [4.78, 5) is 15.1. The van der Waals surface area contributed by atoms with E-state index in [1.54, 1.807) is 12.4 Å². The normalized spacial score (nSPS) is 17.0. The van der Waals surface area contributed by atoms with Gasteiger partial charge in [-0.2, -0.15) is 0 Å². The van der Waals surface area contributed by atoms with Crippen molar-refractivity contribution in [2.45, 2.75) is 30.5 Å². The van der Waals surface area contributed by atoms with Crippen molar-refractivity contribution in [2.75, 3.05) is 23.7 Å². The summed E-state index contributed by atoms with van der Waals surface area (Å²) in [5.74, 6) is 1.00. The highest BCUT2D eigenvalue weighted by Crippen LogP contribution is 2.26. The fraction of sp³-hybridized carbons (Fsp3) is 0.467. The topological polar surface area (TPSA) is 123 Å². The number of piperidine rings is 1. The predicted octanol–water partition coefficient (Wildman–Crippen LogP) is 1.23. The molecule has 8 nitrogen and oxygen atoms in total. The zero-order chi connectivity index (χ0) is 17.3. The summed E-state index contributed by atoms with van der Waals surface area (Å²) in [6.07, 6.45) is 7.01. The number of aryl methyl sites for hydroxylation is 1. The molecular weight excluding hydrogens is 324 g/mol. The van der Waals surface area contributed by atoms with Gasteiger partial charge in [-0.1, -0.05) is 0 Å². The van der Waals surface area contributed by atoms with Crippen LogP contribution in [0.5, 0.6) is 0 Å². The highest BCUT2D eigenvalue weighted by molar-refractivity contribution is 8.14. The molecule has 0 bridgehead atoms. The van der Waals surface area contributed by atoms with Gasteiger partial charge in [0.15, 0.2) is 11.0 Å². The lowest BCUT2D eigenvalue weighted by atomic mass is 9.91. The van der Waals surface area contributed by atoms with Crippen LogP contribution in [-0.4, -0.2) is 43.2 Å². The maximum atomic E-state index is 8.21. The van der Waals surface area contributed by atoms with Gasteiger partial charge in [0.25, 0.3) is 0 Å². The fourth-order valence-corrected chi connectivity index (χ4v) is 3.31. The van der Waals surface area contributed by atoms with Crippen LogP contribution in [0.25, 0.3) is 0 Å². The van der Waals surface area contributed by atoms with Gasteiger partial charge >= 0.3 is 0 Å². The van der Waals surface area contributed by atoms with Gasteiger partial charge in [0.05, 0.1) is 6.20 Å². The van der Waals surface area contributed by atoms with E-state index in [9.17, 15) is 0 Å². The van der Waals surface area contributed by atoms with Crippen molar-refractivity contribution in [2.24, 2.45) is 12.8 Å². The van der Waals surface area contributed by atoms with Crippen LogP contribution in [0.3, 0.4) is 0 Å². The van der Waals surface area contributed by atoms with E-state index >= 15 is 0 Å². The van der Waals surface area contributed by atoms with Crippen LogP contribution in [0.1, 0.15) is 25.5 Å². The van der Waals surface area contributed by atoms with E-state index in [4.69, 9.17) is 16.9 Å². The number of thioether (sulfide) groups is 1. The zero-order valence-corrected chi connectivity index (χ0v) is 14.7. The van der Waals surface area contributed by atoms with Crippen molar-refractivity contribution in [3.05, 3.63) is 24.3 Å². The number of hydrogen-bond acceptors (Lipinski definition) is 8. The standard InChI is InChI=1S/C15H22N8S/c1-15(18)3-6-23(7-4-15)10-9-20-11(12(16)21-10)13(17)24-14-19-5-8-22(14)2/h5,8-9,17H,3-4,6-7,18H2,1-2H3,(H2,16,21). The van der Waals surface area contributed by atoms with Crippen LogP contribution < -0.4 is 16.4 Å². The van der Waals surface area contributed by atoms with Crippen LogP contribution in [-0.2, 0) is 7.05 Å². The third-order valence-corrected chi connectivity index (χ3v) is 5.18. The molecule has 9 heteroatoms. The first-order valence-electron chi connectivity index (χ1n) is 7.76. The molecule has 128 valence electrons. The number of nitrogen functional groups attached to an aromatic ring is 1. The second-order valence-corrected chi connectivity index (χ2v) is 7.33. The molecule has 0 aliphatic carbocycles. The van der Waals surface area contributed by atoms with Crippen LogP contribution in [0.15, 0.2) is 23.7 Å². The van der Waals surface area contributed by atoms with Crippen molar-refractivity contribution >= 4 is 28.4 Å². The molecule has 3 heterocycles. The van der Waals surface area contributed by atoms with Crippen LogP contribution in [0.4, 0.5) is 11.6 Å². The molecule has 1 saturated heterocycles. The fourth-order valence-electron chi connectivity index (χ4n) is 2.56. The van der Waals surface area contributed by atoms with E-state index in [1.165, 1.54) is 11.8 Å². The first kappa shape index (κ1) is 16.7. The molecule has 2 aromatic rings. The quantitative estimate of drug-likeness (QED) is 0.434. The van der Waals surface area contributed by atoms with Crippen molar-refractivity contribution < 1.29 is 0 Å². The lowest BCUT2D eigenvalue weighted by Gasteiger charge is -2.37. The Kier molecular flexibility index (Phi) is 4.46. The predicted molar refractivity (Wildman–Crippen MR) is 96.4 cm³/mol. The molecule has 1 aliphatic rings. The van der Waals surface area contributed by atoms with Gasteiger partial charge in [-0.15, -0.1) is 0 Å². The molecule has 24 heavy (non-hydrogen) atoms. The molecule has 1 fully saturated rings. The average Bonchev–Trinajstić information content (AvgIpc) is 2.92. The third kappa shape index (κ3) is 3.51. The number of nitrogens with one attached hydrogen (secondary N) is 1. The minimum absolute atomic E-state index is 0.115. The summed E-state index contributed by atoms with van der Waals surface area (Å²) in [6, 6.07) is 0. The lowest BCUT2D eigenvalue weighted by Crippen LogP contribution is -2.48. The van der Waals surface area contributed by atoms with Crippen molar-refractivity contribution in [1.82, 2.24) is 19.5 Å². The smallest absolute Gasteiger partial charge is 0.174 e. The summed E-state index contributed by atoms with van der Waals surface area (Å²) < 4.78 is 1.84. The highest BCUT2D eigenvalue weighted by Gasteiger charge is 2.27. The number of aromatic nitrogens is 4. The van der Waals surface area contributed by atoms with Crippen LogP contribution >= 0.6 is 11.8 Å². The average molecular weight is 346 g/mol. The molecule has 0 saturated carbocycles. The summed E-state index contributed by atoms with van der Waals surface area (Å²) in [5.41, 5.74) is 12.5. The summed E-state index contributed by atoms with van der Waals surface area (Å²) >= 11 is 1.21. The van der Waals surface area contributed by atoms with Crippen molar-refractivity contribution in [1.29, 1.82) is 5.41 Å². The van der Waals surface area contributed by atoms with E-state index < -0.39 is 0 Å². The molecule has 1 aliphatic heterocycles. The SMILES string of the molecule is Cn1ccnc1SC(=N)c1ncc(N2CCC(C)(N)CC2)nc1N. The van der Waals surface area contributed by atoms with Gasteiger partial charge in [-0.05, 0) is 31.5 Å². The Bertz CT molecular complexity index is 744. The molecule has 0 amide bonds. The number of hydrogen-bond donors (Lipinski definition) is 3. The molecular formula is C15H22N8S. The molecule has 0 radical (unpaired) electrons. The molecule has 0 atom stereocenters. The van der Waals surface area contributed by atoms with Gasteiger partial charge < -0.3 is 20.9 Å². The number of imidazole rings is 1. The Labute approximate surface area is 145 Å². The number of nitrogens with two attached hydrogens (primary N) is 2. The van der Waals surface area contributed by atoms with Gasteiger partial charge in [0.1, 0.15) is 16.6 Å². The summed E-state index contributed by atoms with van der Waals surface area (Å²) in [7, 11) is 1.88. The van der Waals surface area contributed by atoms with Crippen LogP contribution in [0.2, 0.25) is 0 Å². The number of nitrogens with zero attached hydrogens (tertiary/aromatic N) is 5. The van der Waals surface area contributed by atoms with E-state index in [-0.39, 0.29) is 16.4 Å². The molecule has 3 rings (SSSR count). The molecule has 2 aromatic heterocycles. The molecule has 0 unspecified atom stereocenters. The Morgan fingerprint density at radius 1 is 1.33 bits per heavy atom. The van der Waals surface area contributed by atoms with E-state index in [1.807, 2.05) is 17.8 Å². The van der Waals surface area contributed by atoms with E-state index in [0.717, 1.165) is 31.7 Å². The van der Waals surface area contributed by atoms with Crippen molar-refractivity contribution in [3.8, 4) is 0 Å². The first-order valence-corrected chi connectivity index (χ1v) is 8.58. The van der Waals surface area contributed by atoms with Crippen molar-refractivity contribution in [3.63, 3.8) is 0 Å². The molecule has 0 aromatic carbocycles. The minimum Gasteiger partial charge on any atom is -0.382 e. The van der Waals surface area contributed by atoms with Gasteiger partial charge in [-0.3, -0.25) is 5.41 Å². The third-order valence-electron chi connectivity index (χ3n) is 4.20. The molecule has 5 N–H and O–H groups in total. The highest BCUT2D eigenvalue weighted by atomic mass is 32.2. The Morgan fingerprint density at radius 3 is 2.62 bits per heavy atom. The monoisotopic (exact) mass is 346 g/mol. The Hall–Kier alpha value is -2.13. The Balaban J connectivity index is 1.73. The van der Waals surface area contributed by atoms with Crippen LogP contribution in [0, 0.1) is 5.41 Å². The van der Waals surface area contributed by atoms with E-state index in [2.05, 4.69) is 26.8 Å². The molecule has 0 spiro atoms. The second kappa shape index (κ2) is 6.40. The summed E-state index contributed by atoms with van der Waals surface area (Å²) in [6.45, 7) is 3.74. The van der Waals surface area contributed by atoms with Gasteiger partial charge in [-0.25, -0.2) is 15.0 Å². The maximum Gasteiger partial charge on any atom is 0.174 e. The van der Waals surface area contributed by atoms with Gasteiger partial charge in [0, 0.05) is 38.1 Å². The Morgan fingerprint density at radius 2 is 2.04 bits per heavy atom. The maximum absolute atomic E-state index is 8.21. The summed E-state index contributed by atoms with van der Waals surface area (Å²) in [5, 5.41) is 9.15. The first-order chi connectivity index (χ1) is 11.4. The largest absolute Gasteiger partial charge is 0.382 e. The van der Waals surface area contributed by atoms with Gasteiger partial charge in [0.2, 0.25) is 0 Å². The minimum atomic E-state index is -0.115. The zero-order valence-electron chi connectivity index (χ0n) is 13.9. The van der Waals surface area contributed by atoms with E-state index in [0.29, 0.717) is 10.9 Å². The second-order valence-electron chi connectivity index (χ2n) is 6.36. The number of anilines is 2. The lowest BCUT2D eigenvalue weighted by molar-refractivity contribution is 0.363. The number of rotatable bonds is 3.